The number of hydrogen-bond donors (Lipinski definition) is 1. The molecule has 1 fully saturated rings. The molecule has 1 rings (SSSR count). The predicted molar refractivity (Wildman–Crippen MR) is 84.8 cm³/mol. The molecule has 0 saturated heterocycles. The highest BCUT2D eigenvalue weighted by Crippen LogP contribution is 2.55. The molecule has 2 nitrogen and oxygen atoms in total. The molecule has 0 aromatic heterocycles. The third-order valence-corrected chi connectivity index (χ3v) is 9.92. The Morgan fingerprint density at radius 2 is 1.74 bits per heavy atom. The van der Waals surface area contributed by atoms with E-state index in [9.17, 15) is 5.11 Å². The highest BCUT2D eigenvalue weighted by atomic mass is 28.4. The zero-order valence-corrected chi connectivity index (χ0v) is 15.0. The first-order chi connectivity index (χ1) is 8.25. The van der Waals surface area contributed by atoms with Gasteiger partial charge >= 0.3 is 0 Å². The largest absolute Gasteiger partial charge is 0.413 e. The normalized spacial score (nSPS) is 32.9. The van der Waals surface area contributed by atoms with Crippen LogP contribution in [0.1, 0.15) is 48.0 Å². The molecule has 0 spiro atoms. The van der Waals surface area contributed by atoms with Crippen molar-refractivity contribution in [3.05, 3.63) is 12.7 Å². The zero-order chi connectivity index (χ0) is 15.3. The summed E-state index contributed by atoms with van der Waals surface area (Å²) in [5.41, 5.74) is -0.788. The standard InChI is InChI=1S/C16H32O2Si/c1-10-16(7)12(15(5,6)17)11-13(16)18-19(8,9)14(2,3)4/h10,12-13,17H,1,11H2,2-9H3/t12-,13+,16+/m1/s1. The van der Waals surface area contributed by atoms with Crippen LogP contribution in [0.4, 0.5) is 0 Å². The highest BCUT2D eigenvalue weighted by Gasteiger charge is 2.57. The number of rotatable bonds is 4. The van der Waals surface area contributed by atoms with Crippen molar-refractivity contribution in [2.45, 2.75) is 77.8 Å². The molecule has 0 aromatic carbocycles. The van der Waals surface area contributed by atoms with Gasteiger partial charge in [-0.25, -0.2) is 0 Å². The second-order valence-corrected chi connectivity index (χ2v) is 13.1. The second kappa shape index (κ2) is 4.71. The van der Waals surface area contributed by atoms with E-state index in [0.717, 1.165) is 6.42 Å². The molecular weight excluding hydrogens is 252 g/mol. The van der Waals surface area contributed by atoms with Crippen molar-refractivity contribution < 1.29 is 9.53 Å². The molecule has 19 heavy (non-hydrogen) atoms. The first kappa shape index (κ1) is 16.9. The van der Waals surface area contributed by atoms with Crippen LogP contribution >= 0.6 is 0 Å². The summed E-state index contributed by atoms with van der Waals surface area (Å²) in [7, 11) is -1.76. The summed E-state index contributed by atoms with van der Waals surface area (Å²) in [5, 5.41) is 10.5. The molecular formula is C16H32O2Si. The summed E-state index contributed by atoms with van der Waals surface area (Å²) in [4.78, 5) is 0. The molecule has 1 aliphatic carbocycles. The molecule has 1 N–H and O–H groups in total. The van der Waals surface area contributed by atoms with Gasteiger partial charge in [-0.1, -0.05) is 33.8 Å². The lowest BCUT2D eigenvalue weighted by molar-refractivity contribution is -0.153. The van der Waals surface area contributed by atoms with Crippen molar-refractivity contribution in [1.29, 1.82) is 0 Å². The molecule has 0 radical (unpaired) electrons. The lowest BCUT2D eigenvalue weighted by Gasteiger charge is -2.59. The lowest BCUT2D eigenvalue weighted by atomic mass is 9.54. The maximum Gasteiger partial charge on any atom is 0.192 e. The molecule has 3 atom stereocenters. The van der Waals surface area contributed by atoms with Gasteiger partial charge in [0.15, 0.2) is 8.32 Å². The predicted octanol–water partition coefficient (Wildman–Crippen LogP) is 4.36. The molecule has 0 amide bonds. The van der Waals surface area contributed by atoms with Crippen molar-refractivity contribution in [2.75, 3.05) is 0 Å². The van der Waals surface area contributed by atoms with E-state index in [-0.39, 0.29) is 22.5 Å². The Labute approximate surface area is 120 Å². The van der Waals surface area contributed by atoms with E-state index in [1.54, 1.807) is 0 Å². The summed E-state index contributed by atoms with van der Waals surface area (Å²) < 4.78 is 6.53. The molecule has 3 heteroatoms. The average molecular weight is 285 g/mol. The maximum atomic E-state index is 10.3. The molecule has 1 saturated carbocycles. The van der Waals surface area contributed by atoms with Crippen LogP contribution < -0.4 is 0 Å². The molecule has 0 aliphatic heterocycles. The van der Waals surface area contributed by atoms with E-state index in [4.69, 9.17) is 4.43 Å². The minimum Gasteiger partial charge on any atom is -0.413 e. The Hall–Kier alpha value is -0.123. The molecule has 0 unspecified atom stereocenters. The summed E-state index contributed by atoms with van der Waals surface area (Å²) in [5.74, 6) is 0.229. The Balaban J connectivity index is 2.87. The van der Waals surface area contributed by atoms with Crippen LogP contribution in [0.5, 0.6) is 0 Å². The molecule has 0 aromatic rings. The van der Waals surface area contributed by atoms with Gasteiger partial charge in [0.05, 0.1) is 11.7 Å². The van der Waals surface area contributed by atoms with Crippen LogP contribution in [0.3, 0.4) is 0 Å². The van der Waals surface area contributed by atoms with Gasteiger partial charge in [-0.05, 0) is 38.4 Å². The van der Waals surface area contributed by atoms with Gasteiger partial charge in [0.2, 0.25) is 0 Å². The third-order valence-electron chi connectivity index (χ3n) is 5.43. The fourth-order valence-corrected chi connectivity index (χ4v) is 4.23. The van der Waals surface area contributed by atoms with E-state index >= 15 is 0 Å². The van der Waals surface area contributed by atoms with E-state index in [0.29, 0.717) is 0 Å². The van der Waals surface area contributed by atoms with Crippen molar-refractivity contribution in [1.82, 2.24) is 0 Å². The van der Waals surface area contributed by atoms with E-state index in [1.165, 1.54) is 0 Å². The van der Waals surface area contributed by atoms with Crippen LogP contribution in [-0.4, -0.2) is 25.1 Å². The minimum atomic E-state index is -1.76. The van der Waals surface area contributed by atoms with E-state index in [1.807, 2.05) is 19.9 Å². The second-order valence-electron chi connectivity index (χ2n) is 8.38. The van der Waals surface area contributed by atoms with Crippen LogP contribution in [0, 0.1) is 11.3 Å². The van der Waals surface area contributed by atoms with Gasteiger partial charge in [-0.3, -0.25) is 0 Å². The van der Waals surface area contributed by atoms with Gasteiger partial charge in [0.25, 0.3) is 0 Å². The Kier molecular flexibility index (Phi) is 4.20. The third kappa shape index (κ3) is 2.98. The van der Waals surface area contributed by atoms with E-state index in [2.05, 4.69) is 47.4 Å². The zero-order valence-electron chi connectivity index (χ0n) is 14.0. The SMILES string of the molecule is C=C[C@]1(C)[C@@H](O[Si](C)(C)C(C)(C)C)C[C@@H]1C(C)(C)O. The van der Waals surface area contributed by atoms with Gasteiger partial charge in [-0.15, -0.1) is 6.58 Å². The van der Waals surface area contributed by atoms with Crippen molar-refractivity contribution in [3.8, 4) is 0 Å². The van der Waals surface area contributed by atoms with Crippen LogP contribution in [0.15, 0.2) is 12.7 Å². The van der Waals surface area contributed by atoms with Crippen molar-refractivity contribution in [2.24, 2.45) is 11.3 Å². The van der Waals surface area contributed by atoms with Gasteiger partial charge < -0.3 is 9.53 Å². The molecule has 0 heterocycles. The summed E-state index contributed by atoms with van der Waals surface area (Å²) >= 11 is 0. The first-order valence-corrected chi connectivity index (χ1v) is 10.2. The van der Waals surface area contributed by atoms with Crippen LogP contribution in [0.2, 0.25) is 18.1 Å². The summed E-state index contributed by atoms with van der Waals surface area (Å²) in [6.07, 6.45) is 3.11. The summed E-state index contributed by atoms with van der Waals surface area (Å²) in [6.45, 7) is 21.3. The fraction of sp³-hybridized carbons (Fsp3) is 0.875. The topological polar surface area (TPSA) is 29.5 Å². The summed E-state index contributed by atoms with van der Waals surface area (Å²) in [6, 6.07) is 0. The number of aliphatic hydroxyl groups is 1. The van der Waals surface area contributed by atoms with Gasteiger partial charge in [-0.2, -0.15) is 0 Å². The fourth-order valence-electron chi connectivity index (χ4n) is 2.82. The minimum absolute atomic E-state index is 0.117. The number of hydrogen-bond acceptors (Lipinski definition) is 2. The van der Waals surface area contributed by atoms with E-state index < -0.39 is 13.9 Å². The highest BCUT2D eigenvalue weighted by molar-refractivity contribution is 6.74. The molecule has 0 bridgehead atoms. The van der Waals surface area contributed by atoms with Gasteiger partial charge in [0.1, 0.15) is 0 Å². The van der Waals surface area contributed by atoms with Gasteiger partial charge in [0, 0.05) is 11.3 Å². The first-order valence-electron chi connectivity index (χ1n) is 7.29. The van der Waals surface area contributed by atoms with Crippen molar-refractivity contribution >= 4 is 8.32 Å². The van der Waals surface area contributed by atoms with Crippen LogP contribution in [-0.2, 0) is 4.43 Å². The quantitative estimate of drug-likeness (QED) is 0.614. The Morgan fingerprint density at radius 1 is 1.26 bits per heavy atom. The Morgan fingerprint density at radius 3 is 2.05 bits per heavy atom. The average Bonchev–Trinajstić information content (AvgIpc) is 2.19. The lowest BCUT2D eigenvalue weighted by Crippen LogP contribution is -2.62. The maximum absolute atomic E-state index is 10.3. The smallest absolute Gasteiger partial charge is 0.192 e. The Bertz CT molecular complexity index is 349. The van der Waals surface area contributed by atoms with Crippen LogP contribution in [0.25, 0.3) is 0 Å². The molecule has 112 valence electrons. The monoisotopic (exact) mass is 284 g/mol. The molecule has 1 aliphatic rings. The van der Waals surface area contributed by atoms with Crippen molar-refractivity contribution in [3.63, 3.8) is 0 Å².